The highest BCUT2D eigenvalue weighted by Gasteiger charge is 2.30. The Morgan fingerprint density at radius 2 is 2.27 bits per heavy atom. The minimum absolute atomic E-state index is 0.0523. The molecule has 1 heterocycles. The molecule has 1 fully saturated rings. The predicted octanol–water partition coefficient (Wildman–Crippen LogP) is 2.59. The number of hydrogen-bond acceptors (Lipinski definition) is 4. The number of nitrogens with one attached hydrogen (secondary N) is 1. The van der Waals surface area contributed by atoms with E-state index in [-0.39, 0.29) is 11.2 Å². The van der Waals surface area contributed by atoms with E-state index in [0.29, 0.717) is 5.00 Å². The van der Waals surface area contributed by atoms with Crippen LogP contribution in [0.2, 0.25) is 0 Å². The largest absolute Gasteiger partial charge is 0.476 e. The first-order valence-electron chi connectivity index (χ1n) is 5.06. The molecule has 2 rings (SSSR count). The minimum atomic E-state index is -0.958. The third kappa shape index (κ3) is 2.12. The van der Waals surface area contributed by atoms with Crippen molar-refractivity contribution in [2.24, 2.45) is 0 Å². The summed E-state index contributed by atoms with van der Waals surface area (Å²) in [6, 6.07) is 0. The van der Waals surface area contributed by atoms with Gasteiger partial charge in [0.15, 0.2) is 5.69 Å². The normalized spacial score (nSPS) is 19.0. The second-order valence-corrected chi connectivity index (χ2v) is 5.08. The van der Waals surface area contributed by atoms with Crippen LogP contribution < -0.4 is 5.32 Å². The maximum Gasteiger partial charge on any atom is 0.357 e. The zero-order chi connectivity index (χ0) is 10.9. The Kier molecular flexibility index (Phi) is 2.65. The number of carboxylic acid groups (broad SMARTS) is 1. The number of carbonyl (C=O) groups is 1. The van der Waals surface area contributed by atoms with Gasteiger partial charge in [0.25, 0.3) is 0 Å². The Morgan fingerprint density at radius 3 is 2.87 bits per heavy atom. The summed E-state index contributed by atoms with van der Waals surface area (Å²) in [5, 5.41) is 12.9. The molecule has 0 bridgehead atoms. The number of nitrogens with zero attached hydrogens (tertiary/aromatic N) is 1. The third-order valence-electron chi connectivity index (χ3n) is 2.89. The van der Waals surface area contributed by atoms with Crippen LogP contribution >= 0.6 is 11.3 Å². The van der Waals surface area contributed by atoms with E-state index in [1.54, 1.807) is 5.51 Å². The summed E-state index contributed by atoms with van der Waals surface area (Å²) in [5.74, 6) is -0.958. The third-order valence-corrected chi connectivity index (χ3v) is 3.63. The first-order valence-corrected chi connectivity index (χ1v) is 5.94. The summed E-state index contributed by atoms with van der Waals surface area (Å²) in [6.45, 7) is 2.14. The zero-order valence-corrected chi connectivity index (χ0v) is 9.43. The van der Waals surface area contributed by atoms with E-state index in [2.05, 4.69) is 17.2 Å². The van der Waals surface area contributed by atoms with Crippen molar-refractivity contribution in [3.8, 4) is 0 Å². The van der Waals surface area contributed by atoms with Crippen molar-refractivity contribution < 1.29 is 9.90 Å². The van der Waals surface area contributed by atoms with E-state index in [1.165, 1.54) is 24.2 Å². The second-order valence-electron chi connectivity index (χ2n) is 4.23. The molecule has 0 spiro atoms. The fourth-order valence-corrected chi connectivity index (χ4v) is 2.86. The Morgan fingerprint density at radius 1 is 1.60 bits per heavy atom. The van der Waals surface area contributed by atoms with Crippen molar-refractivity contribution in [1.82, 2.24) is 4.98 Å². The van der Waals surface area contributed by atoms with E-state index in [4.69, 9.17) is 5.11 Å². The summed E-state index contributed by atoms with van der Waals surface area (Å²) < 4.78 is 0. The van der Waals surface area contributed by atoms with Crippen LogP contribution in [0.4, 0.5) is 5.00 Å². The molecule has 0 radical (unpaired) electrons. The summed E-state index contributed by atoms with van der Waals surface area (Å²) >= 11 is 1.36. The average Bonchev–Trinajstić information content (AvgIpc) is 2.75. The average molecular weight is 226 g/mol. The molecule has 0 atom stereocenters. The maximum absolute atomic E-state index is 10.9. The molecule has 0 aromatic carbocycles. The summed E-state index contributed by atoms with van der Waals surface area (Å²) in [4.78, 5) is 14.7. The summed E-state index contributed by atoms with van der Waals surface area (Å²) in [6.07, 6.45) is 4.63. The first-order chi connectivity index (χ1) is 7.11. The van der Waals surface area contributed by atoms with Crippen LogP contribution in [0, 0.1) is 0 Å². The zero-order valence-electron chi connectivity index (χ0n) is 8.62. The van der Waals surface area contributed by atoms with Crippen molar-refractivity contribution in [3.63, 3.8) is 0 Å². The lowest BCUT2D eigenvalue weighted by atomic mass is 10.0. The van der Waals surface area contributed by atoms with Crippen molar-refractivity contribution >= 4 is 22.3 Å². The quantitative estimate of drug-likeness (QED) is 0.831. The number of aromatic carboxylic acids is 1. The van der Waals surface area contributed by atoms with Gasteiger partial charge in [-0.25, -0.2) is 9.78 Å². The number of rotatable bonds is 3. The number of hydrogen-bond donors (Lipinski definition) is 2. The van der Waals surface area contributed by atoms with Crippen molar-refractivity contribution in [3.05, 3.63) is 11.2 Å². The van der Waals surface area contributed by atoms with Gasteiger partial charge in [-0.15, -0.1) is 11.3 Å². The Labute approximate surface area is 92.3 Å². The fraction of sp³-hybridized carbons (Fsp3) is 0.600. The van der Waals surface area contributed by atoms with E-state index in [1.807, 2.05) is 0 Å². The van der Waals surface area contributed by atoms with Gasteiger partial charge in [0.1, 0.15) is 5.00 Å². The highest BCUT2D eigenvalue weighted by atomic mass is 32.1. The van der Waals surface area contributed by atoms with Gasteiger partial charge in [-0.3, -0.25) is 0 Å². The molecule has 0 amide bonds. The highest BCUT2D eigenvalue weighted by Crippen LogP contribution is 2.34. The fourth-order valence-electron chi connectivity index (χ4n) is 2.04. The van der Waals surface area contributed by atoms with Crippen molar-refractivity contribution in [2.75, 3.05) is 5.32 Å². The van der Waals surface area contributed by atoms with Gasteiger partial charge in [0, 0.05) is 5.54 Å². The lowest BCUT2D eigenvalue weighted by Gasteiger charge is -2.25. The van der Waals surface area contributed by atoms with E-state index in [9.17, 15) is 4.79 Å². The minimum Gasteiger partial charge on any atom is -0.476 e. The number of carboxylic acids is 1. The van der Waals surface area contributed by atoms with E-state index in [0.717, 1.165) is 12.8 Å². The molecule has 1 aromatic heterocycles. The van der Waals surface area contributed by atoms with Gasteiger partial charge in [-0.1, -0.05) is 12.8 Å². The van der Waals surface area contributed by atoms with Crippen LogP contribution in [0.1, 0.15) is 43.1 Å². The van der Waals surface area contributed by atoms with Crippen LogP contribution in [0.15, 0.2) is 5.51 Å². The Hall–Kier alpha value is -1.10. The van der Waals surface area contributed by atoms with Gasteiger partial charge >= 0.3 is 5.97 Å². The van der Waals surface area contributed by atoms with Crippen LogP contribution in [0.3, 0.4) is 0 Å². The molecule has 0 unspecified atom stereocenters. The molecule has 0 aliphatic heterocycles. The van der Waals surface area contributed by atoms with Crippen molar-refractivity contribution in [2.45, 2.75) is 38.1 Å². The Bertz CT molecular complexity index is 369. The van der Waals surface area contributed by atoms with Gasteiger partial charge < -0.3 is 10.4 Å². The molecular formula is C10H14N2O2S. The van der Waals surface area contributed by atoms with Gasteiger partial charge in [0.2, 0.25) is 0 Å². The molecule has 1 aromatic rings. The SMILES string of the molecule is CC1(Nc2scnc2C(=O)O)CCCC1. The van der Waals surface area contributed by atoms with E-state index >= 15 is 0 Å². The molecule has 15 heavy (non-hydrogen) atoms. The highest BCUT2D eigenvalue weighted by molar-refractivity contribution is 7.14. The topological polar surface area (TPSA) is 62.2 Å². The van der Waals surface area contributed by atoms with E-state index < -0.39 is 5.97 Å². The van der Waals surface area contributed by atoms with Crippen molar-refractivity contribution in [1.29, 1.82) is 0 Å². The monoisotopic (exact) mass is 226 g/mol. The van der Waals surface area contributed by atoms with Gasteiger partial charge in [-0.2, -0.15) is 0 Å². The maximum atomic E-state index is 10.9. The summed E-state index contributed by atoms with van der Waals surface area (Å²) in [5.41, 5.74) is 1.77. The molecule has 1 aliphatic carbocycles. The molecule has 1 saturated carbocycles. The standard InChI is InChI=1S/C10H14N2O2S/c1-10(4-2-3-5-10)12-8-7(9(13)14)11-6-15-8/h6,12H,2-5H2,1H3,(H,13,14). The van der Waals surface area contributed by atoms with Crippen LogP contribution in [0.25, 0.3) is 0 Å². The number of thiazole rings is 1. The lowest BCUT2D eigenvalue weighted by Crippen LogP contribution is -2.31. The Balaban J connectivity index is 2.16. The van der Waals surface area contributed by atoms with Crippen LogP contribution in [0.5, 0.6) is 0 Å². The van der Waals surface area contributed by atoms with Gasteiger partial charge in [0.05, 0.1) is 5.51 Å². The molecule has 1 aliphatic rings. The smallest absolute Gasteiger partial charge is 0.357 e. The molecule has 82 valence electrons. The second kappa shape index (κ2) is 3.81. The molecule has 0 saturated heterocycles. The molecule has 4 nitrogen and oxygen atoms in total. The number of anilines is 1. The molecule has 5 heteroatoms. The lowest BCUT2D eigenvalue weighted by molar-refractivity contribution is 0.0692. The van der Waals surface area contributed by atoms with Crippen LogP contribution in [-0.4, -0.2) is 21.6 Å². The predicted molar refractivity (Wildman–Crippen MR) is 59.6 cm³/mol. The molecular weight excluding hydrogens is 212 g/mol. The van der Waals surface area contributed by atoms with Gasteiger partial charge in [-0.05, 0) is 19.8 Å². The summed E-state index contributed by atoms with van der Waals surface area (Å²) in [7, 11) is 0. The molecule has 2 N–H and O–H groups in total. The first kappa shape index (κ1) is 10.4. The number of aromatic nitrogens is 1. The van der Waals surface area contributed by atoms with Crippen LogP contribution in [-0.2, 0) is 0 Å².